The molecule has 0 fully saturated rings. The number of ether oxygens (including phenoxy) is 1. The van der Waals surface area contributed by atoms with Crippen molar-refractivity contribution in [3.8, 4) is 5.75 Å². The van der Waals surface area contributed by atoms with Crippen molar-refractivity contribution >= 4 is 11.9 Å². The quantitative estimate of drug-likeness (QED) is 0.876. The first-order chi connectivity index (χ1) is 9.61. The number of nitrogens with one attached hydrogen (secondary N) is 1. The van der Waals surface area contributed by atoms with E-state index >= 15 is 0 Å². The van der Waals surface area contributed by atoms with Gasteiger partial charge in [-0.25, -0.2) is 4.79 Å². The minimum absolute atomic E-state index is 0.0833. The molecule has 0 aliphatic rings. The van der Waals surface area contributed by atoms with Crippen LogP contribution in [0.1, 0.15) is 32.4 Å². The van der Waals surface area contributed by atoms with Crippen molar-refractivity contribution in [2.24, 2.45) is 5.41 Å². The number of carboxylic acid groups (broad SMARTS) is 1. The summed E-state index contributed by atoms with van der Waals surface area (Å²) in [6, 6.07) is 3.83. The predicted octanol–water partition coefficient (Wildman–Crippen LogP) is 2.58. The third-order valence-corrected chi connectivity index (χ3v) is 2.64. The summed E-state index contributed by atoms with van der Waals surface area (Å²) >= 11 is 0. The van der Waals surface area contributed by atoms with E-state index in [1.54, 1.807) is 20.8 Å². The van der Waals surface area contributed by atoms with Crippen LogP contribution in [0.5, 0.6) is 5.75 Å². The second-order valence-corrected chi connectivity index (χ2v) is 5.44. The number of halogens is 2. The number of hydrogen-bond donors (Lipinski definition) is 2. The van der Waals surface area contributed by atoms with E-state index in [0.29, 0.717) is 0 Å². The van der Waals surface area contributed by atoms with Crippen LogP contribution in [0.25, 0.3) is 0 Å². The van der Waals surface area contributed by atoms with Crippen LogP contribution in [-0.4, -0.2) is 23.6 Å². The molecule has 0 aromatic heterocycles. The Bertz CT molecular complexity index is 509. The van der Waals surface area contributed by atoms with Crippen LogP contribution in [0, 0.1) is 5.41 Å². The number of hydrogen-bond acceptors (Lipinski definition) is 3. The first-order valence-electron chi connectivity index (χ1n) is 6.20. The highest BCUT2D eigenvalue weighted by atomic mass is 19.3. The van der Waals surface area contributed by atoms with Gasteiger partial charge in [0.05, 0.1) is 0 Å². The summed E-state index contributed by atoms with van der Waals surface area (Å²) in [5.74, 6) is -1.75. The van der Waals surface area contributed by atoms with Gasteiger partial charge in [0.2, 0.25) is 5.91 Å². The Kier molecular flexibility index (Phi) is 5.23. The van der Waals surface area contributed by atoms with Gasteiger partial charge in [0.1, 0.15) is 5.75 Å². The van der Waals surface area contributed by atoms with Crippen molar-refractivity contribution in [3.63, 3.8) is 0 Å². The molecular weight excluding hydrogens is 284 g/mol. The molecule has 0 heterocycles. The van der Waals surface area contributed by atoms with Crippen LogP contribution >= 0.6 is 0 Å². The van der Waals surface area contributed by atoms with E-state index in [-0.39, 0.29) is 11.3 Å². The van der Waals surface area contributed by atoms with E-state index in [1.165, 1.54) is 24.3 Å². The molecule has 2 N–H and O–H groups in total. The fraction of sp³-hybridized carbons (Fsp3) is 0.429. The minimum Gasteiger partial charge on any atom is -0.479 e. The number of carbonyl (C=O) groups excluding carboxylic acids is 1. The largest absolute Gasteiger partial charge is 0.479 e. The summed E-state index contributed by atoms with van der Waals surface area (Å²) in [6.07, 6.45) is 0. The number of carboxylic acids is 1. The molecule has 0 saturated heterocycles. The molecule has 7 heteroatoms. The van der Waals surface area contributed by atoms with Crippen molar-refractivity contribution < 1.29 is 28.2 Å². The Labute approximate surface area is 120 Å². The zero-order valence-corrected chi connectivity index (χ0v) is 11.9. The van der Waals surface area contributed by atoms with Gasteiger partial charge in [-0.15, -0.1) is 0 Å². The lowest BCUT2D eigenvalue weighted by Crippen LogP contribution is -2.40. The van der Waals surface area contributed by atoms with Crippen molar-refractivity contribution in [3.05, 3.63) is 29.8 Å². The fourth-order valence-corrected chi connectivity index (χ4v) is 1.48. The molecular formula is C14H17F2NO4. The highest BCUT2D eigenvalue weighted by Crippen LogP contribution is 2.21. The van der Waals surface area contributed by atoms with Gasteiger partial charge in [0, 0.05) is 5.41 Å². The van der Waals surface area contributed by atoms with Gasteiger partial charge in [-0.2, -0.15) is 8.78 Å². The summed E-state index contributed by atoms with van der Waals surface area (Å²) in [7, 11) is 0. The molecule has 116 valence electrons. The number of carbonyl (C=O) groups is 2. The normalized spacial score (nSPS) is 12.9. The lowest BCUT2D eigenvalue weighted by atomic mass is 9.94. The zero-order valence-electron chi connectivity index (χ0n) is 11.9. The Morgan fingerprint density at radius 2 is 1.71 bits per heavy atom. The van der Waals surface area contributed by atoms with Gasteiger partial charge in [-0.3, -0.25) is 4.79 Å². The Morgan fingerprint density at radius 3 is 2.10 bits per heavy atom. The van der Waals surface area contributed by atoms with E-state index in [0.717, 1.165) is 0 Å². The van der Waals surface area contributed by atoms with E-state index in [2.05, 4.69) is 10.1 Å². The molecule has 0 saturated carbocycles. The minimum atomic E-state index is -2.95. The maximum absolute atomic E-state index is 12.0. The highest BCUT2D eigenvalue weighted by Gasteiger charge is 2.28. The van der Waals surface area contributed by atoms with Gasteiger partial charge in [-0.1, -0.05) is 32.9 Å². The molecule has 1 aromatic rings. The Balaban J connectivity index is 2.91. The predicted molar refractivity (Wildman–Crippen MR) is 71.0 cm³/mol. The molecule has 0 bridgehead atoms. The molecule has 0 radical (unpaired) electrons. The van der Waals surface area contributed by atoms with Crippen molar-refractivity contribution in [1.82, 2.24) is 5.32 Å². The smallest absolute Gasteiger partial charge is 0.387 e. The maximum atomic E-state index is 12.0. The first kappa shape index (κ1) is 16.9. The van der Waals surface area contributed by atoms with E-state index in [9.17, 15) is 23.5 Å². The van der Waals surface area contributed by atoms with Crippen LogP contribution in [0.3, 0.4) is 0 Å². The van der Waals surface area contributed by atoms with Crippen LogP contribution in [0.15, 0.2) is 24.3 Å². The molecule has 0 aliphatic carbocycles. The van der Waals surface area contributed by atoms with Crippen LogP contribution < -0.4 is 10.1 Å². The van der Waals surface area contributed by atoms with Gasteiger partial charge >= 0.3 is 12.6 Å². The first-order valence-corrected chi connectivity index (χ1v) is 6.20. The van der Waals surface area contributed by atoms with Crippen LogP contribution in [0.2, 0.25) is 0 Å². The monoisotopic (exact) mass is 301 g/mol. The summed E-state index contributed by atoms with van der Waals surface area (Å²) in [5, 5.41) is 11.6. The third-order valence-electron chi connectivity index (χ3n) is 2.64. The van der Waals surface area contributed by atoms with Gasteiger partial charge in [0.15, 0.2) is 6.04 Å². The van der Waals surface area contributed by atoms with E-state index in [1.807, 2.05) is 0 Å². The molecule has 0 aliphatic heterocycles. The third kappa shape index (κ3) is 5.02. The zero-order chi connectivity index (χ0) is 16.2. The summed E-state index contributed by atoms with van der Waals surface area (Å²) in [5.41, 5.74) is -0.478. The molecule has 1 rings (SSSR count). The Morgan fingerprint density at radius 1 is 1.19 bits per heavy atom. The van der Waals surface area contributed by atoms with E-state index in [4.69, 9.17) is 0 Å². The van der Waals surface area contributed by atoms with Crippen molar-refractivity contribution in [2.45, 2.75) is 33.4 Å². The van der Waals surface area contributed by atoms with Crippen LogP contribution in [0.4, 0.5) is 8.78 Å². The summed E-state index contributed by atoms with van der Waals surface area (Å²) in [4.78, 5) is 23.1. The molecule has 21 heavy (non-hydrogen) atoms. The van der Waals surface area contributed by atoms with Crippen molar-refractivity contribution in [2.75, 3.05) is 0 Å². The second kappa shape index (κ2) is 6.51. The fourth-order valence-electron chi connectivity index (χ4n) is 1.48. The molecule has 1 aromatic carbocycles. The molecule has 1 atom stereocenters. The molecule has 1 amide bonds. The number of amides is 1. The maximum Gasteiger partial charge on any atom is 0.387 e. The molecule has 0 spiro atoms. The SMILES string of the molecule is CC(C)(C)C(=O)N[C@H](C(=O)O)c1ccc(OC(F)F)cc1. The average molecular weight is 301 g/mol. The molecule has 5 nitrogen and oxygen atoms in total. The number of rotatable bonds is 5. The number of benzene rings is 1. The lowest BCUT2D eigenvalue weighted by molar-refractivity contribution is -0.143. The van der Waals surface area contributed by atoms with Gasteiger partial charge in [0.25, 0.3) is 0 Å². The summed E-state index contributed by atoms with van der Waals surface area (Å²) in [6.45, 7) is 2.01. The van der Waals surface area contributed by atoms with Gasteiger partial charge < -0.3 is 15.2 Å². The Hall–Kier alpha value is -2.18. The van der Waals surface area contributed by atoms with Crippen molar-refractivity contribution in [1.29, 1.82) is 0 Å². The van der Waals surface area contributed by atoms with Gasteiger partial charge in [-0.05, 0) is 17.7 Å². The number of aliphatic carboxylic acids is 1. The summed E-state index contributed by atoms with van der Waals surface area (Å²) < 4.78 is 28.3. The standard InChI is InChI=1S/C14H17F2NO4/c1-14(2,3)12(20)17-10(11(18)19)8-4-6-9(7-5-8)21-13(15)16/h4-7,10,13H,1-3H3,(H,17,20)(H,18,19)/t10-/m0/s1. The lowest BCUT2D eigenvalue weighted by Gasteiger charge is -2.22. The number of alkyl halides is 2. The second-order valence-electron chi connectivity index (χ2n) is 5.44. The molecule has 0 unspecified atom stereocenters. The van der Waals surface area contributed by atoms with E-state index < -0.39 is 29.9 Å². The highest BCUT2D eigenvalue weighted by molar-refractivity contribution is 5.87. The topological polar surface area (TPSA) is 75.6 Å². The average Bonchev–Trinajstić information content (AvgIpc) is 2.34. The van der Waals surface area contributed by atoms with Crippen LogP contribution in [-0.2, 0) is 9.59 Å².